The van der Waals surface area contributed by atoms with Gasteiger partial charge in [0.15, 0.2) is 0 Å². The van der Waals surface area contributed by atoms with Gasteiger partial charge < -0.3 is 4.42 Å². The summed E-state index contributed by atoms with van der Waals surface area (Å²) in [6, 6.07) is 17.7. The maximum atomic E-state index is 6.18. The predicted octanol–water partition coefficient (Wildman–Crippen LogP) is 4.62. The van der Waals surface area contributed by atoms with Crippen molar-refractivity contribution in [3.8, 4) is 11.5 Å². The third-order valence-electron chi connectivity index (χ3n) is 3.38. The average Bonchev–Trinajstić information content (AvgIpc) is 2.89. The highest BCUT2D eigenvalue weighted by molar-refractivity contribution is 7.71. The van der Waals surface area contributed by atoms with Gasteiger partial charge in [-0.2, -0.15) is 0 Å². The lowest BCUT2D eigenvalue weighted by molar-refractivity contribution is 0.240. The highest BCUT2D eigenvalue weighted by atomic mass is 35.5. The molecule has 0 radical (unpaired) electrons. The van der Waals surface area contributed by atoms with Crippen LogP contribution in [0.2, 0.25) is 5.02 Å². The SMILES string of the molecule is CN(Cc1ccccc1)Cn1nc(-c2ccccc2Cl)oc1=S. The summed E-state index contributed by atoms with van der Waals surface area (Å²) in [6.45, 7) is 1.35. The van der Waals surface area contributed by atoms with Gasteiger partial charge in [-0.15, -0.1) is 5.10 Å². The Kier molecular flexibility index (Phi) is 4.91. The van der Waals surface area contributed by atoms with Gasteiger partial charge >= 0.3 is 0 Å². The van der Waals surface area contributed by atoms with Gasteiger partial charge in [0.05, 0.1) is 17.3 Å². The maximum Gasteiger partial charge on any atom is 0.288 e. The van der Waals surface area contributed by atoms with E-state index in [0.717, 1.165) is 12.1 Å². The van der Waals surface area contributed by atoms with Gasteiger partial charge in [0.1, 0.15) is 0 Å². The van der Waals surface area contributed by atoms with E-state index in [9.17, 15) is 0 Å². The Morgan fingerprint density at radius 3 is 2.57 bits per heavy atom. The summed E-state index contributed by atoms with van der Waals surface area (Å²) >= 11 is 11.4. The number of rotatable bonds is 5. The molecule has 3 rings (SSSR count). The summed E-state index contributed by atoms with van der Waals surface area (Å²) < 4.78 is 7.25. The molecule has 0 aliphatic heterocycles. The van der Waals surface area contributed by atoms with E-state index in [0.29, 0.717) is 22.4 Å². The van der Waals surface area contributed by atoms with E-state index in [-0.39, 0.29) is 0 Å². The number of hydrogen-bond donors (Lipinski definition) is 0. The molecule has 0 unspecified atom stereocenters. The zero-order chi connectivity index (χ0) is 16.2. The van der Waals surface area contributed by atoms with Crippen LogP contribution in [0.25, 0.3) is 11.5 Å². The van der Waals surface area contributed by atoms with Crippen LogP contribution in [-0.2, 0) is 13.2 Å². The molecule has 0 aliphatic rings. The van der Waals surface area contributed by atoms with E-state index in [1.54, 1.807) is 10.7 Å². The van der Waals surface area contributed by atoms with E-state index < -0.39 is 0 Å². The molecule has 0 atom stereocenters. The molecule has 4 nitrogen and oxygen atoms in total. The van der Waals surface area contributed by atoms with E-state index in [1.807, 2.05) is 43.4 Å². The van der Waals surface area contributed by atoms with Gasteiger partial charge in [0, 0.05) is 6.54 Å². The zero-order valence-electron chi connectivity index (χ0n) is 12.6. The minimum atomic E-state index is 0.333. The van der Waals surface area contributed by atoms with Crippen molar-refractivity contribution >= 4 is 23.8 Å². The second kappa shape index (κ2) is 7.08. The summed E-state index contributed by atoms with van der Waals surface area (Å²) in [7, 11) is 2.01. The Morgan fingerprint density at radius 2 is 1.83 bits per heavy atom. The van der Waals surface area contributed by atoms with E-state index in [1.165, 1.54) is 5.56 Å². The van der Waals surface area contributed by atoms with Crippen molar-refractivity contribution in [1.82, 2.24) is 14.7 Å². The minimum absolute atomic E-state index is 0.333. The van der Waals surface area contributed by atoms with Crippen LogP contribution in [0.1, 0.15) is 5.56 Å². The Bertz CT molecular complexity index is 844. The monoisotopic (exact) mass is 345 g/mol. The lowest BCUT2D eigenvalue weighted by atomic mass is 10.2. The predicted molar refractivity (Wildman–Crippen MR) is 93.7 cm³/mol. The van der Waals surface area contributed by atoms with Crippen molar-refractivity contribution in [3.63, 3.8) is 0 Å². The lowest BCUT2D eigenvalue weighted by Crippen LogP contribution is -2.22. The Hall–Kier alpha value is -1.95. The Balaban J connectivity index is 1.77. The Labute approximate surface area is 144 Å². The second-order valence-electron chi connectivity index (χ2n) is 5.29. The molecule has 118 valence electrons. The van der Waals surface area contributed by atoms with Gasteiger partial charge in [-0.25, -0.2) is 4.68 Å². The topological polar surface area (TPSA) is 34.2 Å². The van der Waals surface area contributed by atoms with Crippen molar-refractivity contribution in [2.45, 2.75) is 13.2 Å². The molecule has 0 saturated heterocycles. The lowest BCUT2D eigenvalue weighted by Gasteiger charge is -2.15. The maximum absolute atomic E-state index is 6.18. The molecule has 0 N–H and O–H groups in total. The van der Waals surface area contributed by atoms with Crippen LogP contribution in [-0.4, -0.2) is 21.7 Å². The summed E-state index contributed by atoms with van der Waals surface area (Å²) in [5.74, 6) is 0.439. The highest BCUT2D eigenvalue weighted by Gasteiger charge is 2.12. The van der Waals surface area contributed by atoms with Crippen LogP contribution in [0.5, 0.6) is 0 Å². The fourth-order valence-electron chi connectivity index (χ4n) is 2.31. The molecule has 0 amide bonds. The highest BCUT2D eigenvalue weighted by Crippen LogP contribution is 2.26. The number of benzene rings is 2. The molecule has 3 aromatic rings. The van der Waals surface area contributed by atoms with Crippen molar-refractivity contribution < 1.29 is 4.42 Å². The molecule has 0 bridgehead atoms. The number of hydrogen-bond acceptors (Lipinski definition) is 4. The van der Waals surface area contributed by atoms with Gasteiger partial charge in [-0.1, -0.05) is 54.1 Å². The first-order valence-corrected chi connectivity index (χ1v) is 7.97. The molecule has 6 heteroatoms. The summed E-state index contributed by atoms with van der Waals surface area (Å²) in [6.07, 6.45) is 0. The number of aromatic nitrogens is 2. The van der Waals surface area contributed by atoms with Crippen molar-refractivity contribution in [1.29, 1.82) is 0 Å². The third kappa shape index (κ3) is 3.88. The van der Waals surface area contributed by atoms with Crippen LogP contribution >= 0.6 is 23.8 Å². The van der Waals surface area contributed by atoms with E-state index in [4.69, 9.17) is 28.2 Å². The molecule has 1 aromatic heterocycles. The molecule has 2 aromatic carbocycles. The number of nitrogens with zero attached hydrogens (tertiary/aromatic N) is 3. The van der Waals surface area contributed by atoms with Crippen LogP contribution < -0.4 is 0 Å². The van der Waals surface area contributed by atoms with Gasteiger partial charge in [-0.05, 0) is 37.0 Å². The van der Waals surface area contributed by atoms with Crippen molar-refractivity contribution in [2.75, 3.05) is 7.05 Å². The van der Waals surface area contributed by atoms with Gasteiger partial charge in [0.25, 0.3) is 4.84 Å². The molecule has 0 spiro atoms. The quantitative estimate of drug-likeness (QED) is 0.632. The third-order valence-corrected chi connectivity index (χ3v) is 4.00. The first-order chi connectivity index (χ1) is 11.1. The minimum Gasteiger partial charge on any atom is -0.409 e. The zero-order valence-corrected chi connectivity index (χ0v) is 14.2. The molecule has 1 heterocycles. The second-order valence-corrected chi connectivity index (χ2v) is 6.05. The first kappa shape index (κ1) is 15.9. The average molecular weight is 346 g/mol. The first-order valence-electron chi connectivity index (χ1n) is 7.19. The van der Waals surface area contributed by atoms with Gasteiger partial charge in [0.2, 0.25) is 5.89 Å². The summed E-state index contributed by atoms with van der Waals surface area (Å²) in [5.41, 5.74) is 1.97. The summed E-state index contributed by atoms with van der Waals surface area (Å²) in [4.78, 5) is 2.45. The smallest absolute Gasteiger partial charge is 0.288 e. The fraction of sp³-hybridized carbons (Fsp3) is 0.176. The molecular weight excluding hydrogens is 330 g/mol. The summed E-state index contributed by atoms with van der Waals surface area (Å²) in [5, 5.41) is 5.03. The number of halogens is 1. The van der Waals surface area contributed by atoms with Crippen LogP contribution in [0.4, 0.5) is 0 Å². The van der Waals surface area contributed by atoms with Gasteiger partial charge in [-0.3, -0.25) is 4.90 Å². The molecular formula is C17H16ClN3OS. The standard InChI is InChI=1S/C17H16ClN3OS/c1-20(11-13-7-3-2-4-8-13)12-21-17(23)22-16(19-21)14-9-5-6-10-15(14)18/h2-10H,11-12H2,1H3. The molecule has 0 fully saturated rings. The van der Waals surface area contributed by atoms with Crippen LogP contribution in [0, 0.1) is 4.84 Å². The van der Waals surface area contributed by atoms with E-state index >= 15 is 0 Å². The van der Waals surface area contributed by atoms with E-state index in [2.05, 4.69) is 22.1 Å². The fourth-order valence-corrected chi connectivity index (χ4v) is 2.71. The van der Waals surface area contributed by atoms with Crippen LogP contribution in [0.15, 0.2) is 59.0 Å². The normalized spacial score (nSPS) is 11.1. The molecule has 23 heavy (non-hydrogen) atoms. The molecule has 0 aliphatic carbocycles. The van der Waals surface area contributed by atoms with Crippen molar-refractivity contribution in [2.24, 2.45) is 0 Å². The van der Waals surface area contributed by atoms with Crippen molar-refractivity contribution in [3.05, 3.63) is 70.0 Å². The Morgan fingerprint density at radius 1 is 1.13 bits per heavy atom. The van der Waals surface area contributed by atoms with Crippen LogP contribution in [0.3, 0.4) is 0 Å². The molecule has 0 saturated carbocycles. The largest absolute Gasteiger partial charge is 0.409 e.